The zero-order valence-electron chi connectivity index (χ0n) is 11.9. The molecule has 110 valence electrons. The van der Waals surface area contributed by atoms with Gasteiger partial charge in [0, 0.05) is 19.2 Å². The molecule has 0 saturated carbocycles. The lowest BCUT2D eigenvalue weighted by molar-refractivity contribution is -0.146. The lowest BCUT2D eigenvalue weighted by atomic mass is 9.99. The van der Waals surface area contributed by atoms with Gasteiger partial charge in [-0.25, -0.2) is 0 Å². The number of hydrogen-bond acceptors (Lipinski definition) is 6. The molecular formula is C13H19N3O4. The molecule has 0 aromatic carbocycles. The molecule has 0 aliphatic carbocycles. The van der Waals surface area contributed by atoms with Crippen LogP contribution in [-0.4, -0.2) is 48.7 Å². The first-order valence-electron chi connectivity index (χ1n) is 6.53. The first kappa shape index (κ1) is 14.5. The lowest BCUT2D eigenvalue weighted by Crippen LogP contribution is -2.32. The average molecular weight is 281 g/mol. The maximum atomic E-state index is 11.9. The molecule has 2 rings (SSSR count). The van der Waals surface area contributed by atoms with Crippen LogP contribution in [0.2, 0.25) is 0 Å². The fourth-order valence-corrected chi connectivity index (χ4v) is 2.46. The van der Waals surface area contributed by atoms with Crippen LogP contribution in [0.4, 0.5) is 5.88 Å². The minimum absolute atomic E-state index is 0.166. The number of aromatic nitrogens is 1. The molecule has 1 fully saturated rings. The summed E-state index contributed by atoms with van der Waals surface area (Å²) in [5.41, 5.74) is 0.709. The molecular weight excluding hydrogens is 262 g/mol. The second kappa shape index (κ2) is 6.04. The van der Waals surface area contributed by atoms with E-state index in [-0.39, 0.29) is 30.3 Å². The van der Waals surface area contributed by atoms with Crippen LogP contribution in [0.25, 0.3) is 0 Å². The minimum atomic E-state index is -0.216. The summed E-state index contributed by atoms with van der Waals surface area (Å²) in [6, 6.07) is 1.65. The van der Waals surface area contributed by atoms with E-state index in [1.165, 1.54) is 7.11 Å². The number of hydrogen-bond donors (Lipinski definition) is 1. The predicted molar refractivity (Wildman–Crippen MR) is 71.0 cm³/mol. The van der Waals surface area contributed by atoms with Crippen molar-refractivity contribution < 1.29 is 18.8 Å². The molecule has 7 nitrogen and oxygen atoms in total. The van der Waals surface area contributed by atoms with Crippen molar-refractivity contribution in [2.75, 3.05) is 32.1 Å². The highest BCUT2D eigenvalue weighted by molar-refractivity contribution is 5.91. The SMILES string of the molecule is COC(=O)C1CN(CC(=O)Nc2cc(C)no2)CC1C. The molecule has 7 heteroatoms. The van der Waals surface area contributed by atoms with Crippen molar-refractivity contribution in [1.29, 1.82) is 0 Å². The number of rotatable bonds is 4. The lowest BCUT2D eigenvalue weighted by Gasteiger charge is -2.14. The number of aryl methyl sites for hydroxylation is 1. The van der Waals surface area contributed by atoms with Crippen molar-refractivity contribution in [1.82, 2.24) is 10.1 Å². The van der Waals surface area contributed by atoms with Gasteiger partial charge < -0.3 is 9.26 Å². The fourth-order valence-electron chi connectivity index (χ4n) is 2.46. The summed E-state index contributed by atoms with van der Waals surface area (Å²) in [6.07, 6.45) is 0. The molecule has 0 radical (unpaired) electrons. The minimum Gasteiger partial charge on any atom is -0.469 e. The molecule has 0 spiro atoms. The normalized spacial score (nSPS) is 22.8. The van der Waals surface area contributed by atoms with Gasteiger partial charge in [0.25, 0.3) is 0 Å². The van der Waals surface area contributed by atoms with Crippen LogP contribution in [0.1, 0.15) is 12.6 Å². The molecule has 2 heterocycles. The van der Waals surface area contributed by atoms with Gasteiger partial charge in [0.15, 0.2) is 0 Å². The molecule has 1 aromatic rings. The molecule has 2 unspecified atom stereocenters. The predicted octanol–water partition coefficient (Wildman–Crippen LogP) is 0.662. The van der Waals surface area contributed by atoms with Gasteiger partial charge in [0.2, 0.25) is 11.8 Å². The maximum absolute atomic E-state index is 11.9. The van der Waals surface area contributed by atoms with Crippen LogP contribution < -0.4 is 5.32 Å². The number of nitrogens with one attached hydrogen (secondary N) is 1. The molecule has 1 aliphatic rings. The van der Waals surface area contributed by atoms with Crippen LogP contribution in [0, 0.1) is 18.8 Å². The van der Waals surface area contributed by atoms with E-state index in [1.54, 1.807) is 13.0 Å². The van der Waals surface area contributed by atoms with Crippen LogP contribution in [0.5, 0.6) is 0 Å². The number of methoxy groups -OCH3 is 1. The van der Waals surface area contributed by atoms with Crippen LogP contribution >= 0.6 is 0 Å². The van der Waals surface area contributed by atoms with Crippen LogP contribution in [-0.2, 0) is 14.3 Å². The molecule has 2 atom stereocenters. The van der Waals surface area contributed by atoms with Crippen molar-refractivity contribution in [2.45, 2.75) is 13.8 Å². The van der Waals surface area contributed by atoms with Gasteiger partial charge in [0.1, 0.15) is 0 Å². The summed E-state index contributed by atoms with van der Waals surface area (Å²) in [5.74, 6) is -0.0440. The average Bonchev–Trinajstić information content (AvgIpc) is 2.94. The molecule has 20 heavy (non-hydrogen) atoms. The number of amides is 1. The van der Waals surface area contributed by atoms with Crippen molar-refractivity contribution in [3.63, 3.8) is 0 Å². The number of ether oxygens (including phenoxy) is 1. The Bertz CT molecular complexity index is 500. The Balaban J connectivity index is 1.85. The Kier molecular flexibility index (Phi) is 4.39. The summed E-state index contributed by atoms with van der Waals surface area (Å²) in [6.45, 7) is 5.22. The van der Waals surface area contributed by atoms with Gasteiger partial charge in [0.05, 0.1) is 25.3 Å². The molecule has 0 bridgehead atoms. The Morgan fingerprint density at radius 3 is 2.90 bits per heavy atom. The number of carbonyl (C=O) groups excluding carboxylic acids is 2. The molecule has 1 amide bonds. The van der Waals surface area contributed by atoms with E-state index in [9.17, 15) is 9.59 Å². The fraction of sp³-hybridized carbons (Fsp3) is 0.615. The molecule has 1 aliphatic heterocycles. The van der Waals surface area contributed by atoms with E-state index in [1.807, 2.05) is 11.8 Å². The van der Waals surface area contributed by atoms with Gasteiger partial charge in [-0.15, -0.1) is 0 Å². The molecule has 1 saturated heterocycles. The standard InChI is InChI=1S/C13H19N3O4/c1-8-5-16(6-10(8)13(18)19-3)7-11(17)14-12-4-9(2)15-20-12/h4,8,10H,5-7H2,1-3H3,(H,14,17). The zero-order valence-corrected chi connectivity index (χ0v) is 11.9. The third kappa shape index (κ3) is 3.36. The second-order valence-corrected chi connectivity index (χ2v) is 5.18. The highest BCUT2D eigenvalue weighted by Crippen LogP contribution is 2.23. The van der Waals surface area contributed by atoms with Crippen molar-refractivity contribution in [2.24, 2.45) is 11.8 Å². The first-order valence-corrected chi connectivity index (χ1v) is 6.53. The monoisotopic (exact) mass is 281 g/mol. The number of carbonyl (C=O) groups is 2. The Hall–Kier alpha value is -1.89. The van der Waals surface area contributed by atoms with E-state index in [4.69, 9.17) is 9.26 Å². The van der Waals surface area contributed by atoms with Crippen LogP contribution in [0.15, 0.2) is 10.6 Å². The van der Waals surface area contributed by atoms with E-state index < -0.39 is 0 Å². The van der Waals surface area contributed by atoms with Gasteiger partial charge in [-0.2, -0.15) is 0 Å². The number of anilines is 1. The number of esters is 1. The van der Waals surface area contributed by atoms with Gasteiger partial charge in [-0.1, -0.05) is 12.1 Å². The highest BCUT2D eigenvalue weighted by atomic mass is 16.5. The van der Waals surface area contributed by atoms with Gasteiger partial charge in [-0.05, 0) is 12.8 Å². The smallest absolute Gasteiger partial charge is 0.310 e. The van der Waals surface area contributed by atoms with E-state index in [0.29, 0.717) is 24.7 Å². The molecule has 1 N–H and O–H groups in total. The zero-order chi connectivity index (χ0) is 14.7. The van der Waals surface area contributed by atoms with Gasteiger partial charge in [-0.3, -0.25) is 19.8 Å². The van der Waals surface area contributed by atoms with Gasteiger partial charge >= 0.3 is 5.97 Å². The third-order valence-electron chi connectivity index (χ3n) is 3.45. The summed E-state index contributed by atoms with van der Waals surface area (Å²) < 4.78 is 9.69. The highest BCUT2D eigenvalue weighted by Gasteiger charge is 2.36. The largest absolute Gasteiger partial charge is 0.469 e. The Morgan fingerprint density at radius 2 is 2.30 bits per heavy atom. The van der Waals surface area contributed by atoms with E-state index in [2.05, 4.69) is 10.5 Å². The molecule has 1 aromatic heterocycles. The van der Waals surface area contributed by atoms with Crippen LogP contribution in [0.3, 0.4) is 0 Å². The summed E-state index contributed by atoms with van der Waals surface area (Å²) >= 11 is 0. The second-order valence-electron chi connectivity index (χ2n) is 5.18. The maximum Gasteiger partial charge on any atom is 0.310 e. The summed E-state index contributed by atoms with van der Waals surface area (Å²) in [7, 11) is 1.39. The number of likely N-dealkylation sites (tertiary alicyclic amines) is 1. The van der Waals surface area contributed by atoms with E-state index >= 15 is 0 Å². The topological polar surface area (TPSA) is 84.7 Å². The summed E-state index contributed by atoms with van der Waals surface area (Å²) in [5, 5.41) is 6.33. The summed E-state index contributed by atoms with van der Waals surface area (Å²) in [4.78, 5) is 25.4. The van der Waals surface area contributed by atoms with Crippen molar-refractivity contribution in [3.05, 3.63) is 11.8 Å². The van der Waals surface area contributed by atoms with Crippen molar-refractivity contribution >= 4 is 17.8 Å². The number of nitrogens with zero attached hydrogens (tertiary/aromatic N) is 2. The van der Waals surface area contributed by atoms with E-state index in [0.717, 1.165) is 0 Å². The first-order chi connectivity index (χ1) is 9.49. The van der Waals surface area contributed by atoms with Crippen molar-refractivity contribution in [3.8, 4) is 0 Å². The quantitative estimate of drug-likeness (QED) is 0.816. The Labute approximate surface area is 117 Å². The third-order valence-corrected chi connectivity index (χ3v) is 3.45. The Morgan fingerprint density at radius 1 is 1.55 bits per heavy atom.